The van der Waals surface area contributed by atoms with Crippen LogP contribution in [0.1, 0.15) is 43.7 Å². The smallest absolute Gasteiger partial charge is 0.267 e. The van der Waals surface area contributed by atoms with Gasteiger partial charge in [-0.2, -0.15) is 0 Å². The number of ether oxygens (including phenoxy) is 2. The molecule has 2 atom stereocenters. The highest BCUT2D eigenvalue weighted by atomic mass is 79.9. The maximum absolute atomic E-state index is 13.8. The van der Waals surface area contributed by atoms with Crippen LogP contribution in [0, 0.1) is 5.92 Å². The molecule has 0 spiro atoms. The topological polar surface area (TPSA) is 51.1 Å². The standard InChI is InChI=1S/C31H30Br2N2O3S/c1-20-8-6-7-11-26(20)35-30(36)28(39-31(35)34-24-9-4-3-5-10-24)18-22-16-25(33)29(27(17-22)37-2)38-19-21-12-14-23(32)15-13-21/h3-5,9-10,12-18,20,26H,6-8,11,19H2,1-2H3/b28-18-,34-31?/t20-,26+/m0/s1. The van der Waals surface area contributed by atoms with Crippen molar-refractivity contribution in [3.63, 3.8) is 0 Å². The molecule has 202 valence electrons. The maximum atomic E-state index is 13.8. The van der Waals surface area contributed by atoms with Crippen molar-refractivity contribution in [2.45, 2.75) is 45.3 Å². The van der Waals surface area contributed by atoms with Crippen molar-refractivity contribution in [1.82, 2.24) is 4.90 Å². The minimum Gasteiger partial charge on any atom is -0.493 e. The summed E-state index contributed by atoms with van der Waals surface area (Å²) in [5, 5.41) is 0.747. The Morgan fingerprint density at radius 2 is 1.79 bits per heavy atom. The fourth-order valence-corrected chi connectivity index (χ4v) is 6.88. The zero-order chi connectivity index (χ0) is 27.4. The van der Waals surface area contributed by atoms with Gasteiger partial charge in [-0.25, -0.2) is 4.99 Å². The van der Waals surface area contributed by atoms with Crippen LogP contribution >= 0.6 is 43.6 Å². The summed E-state index contributed by atoms with van der Waals surface area (Å²) in [5.74, 6) is 1.66. The van der Waals surface area contributed by atoms with Crippen LogP contribution in [0.25, 0.3) is 6.08 Å². The average Bonchev–Trinajstić information content (AvgIpc) is 3.23. The van der Waals surface area contributed by atoms with Crippen molar-refractivity contribution in [2.24, 2.45) is 10.9 Å². The summed E-state index contributed by atoms with van der Waals surface area (Å²) >= 11 is 8.56. The lowest BCUT2D eigenvalue weighted by atomic mass is 9.85. The Balaban J connectivity index is 1.44. The number of hydrogen-bond acceptors (Lipinski definition) is 5. The van der Waals surface area contributed by atoms with Gasteiger partial charge < -0.3 is 9.47 Å². The van der Waals surface area contributed by atoms with E-state index in [1.54, 1.807) is 7.11 Å². The molecule has 0 aromatic heterocycles. The van der Waals surface area contributed by atoms with E-state index in [4.69, 9.17) is 14.5 Å². The van der Waals surface area contributed by atoms with E-state index in [1.165, 1.54) is 18.2 Å². The molecule has 0 N–H and O–H groups in total. The predicted octanol–water partition coefficient (Wildman–Crippen LogP) is 8.98. The number of halogens is 2. The molecule has 0 radical (unpaired) electrons. The Kier molecular flexibility index (Phi) is 9.15. The van der Waals surface area contributed by atoms with Crippen LogP contribution in [0.15, 0.2) is 85.6 Å². The summed E-state index contributed by atoms with van der Waals surface area (Å²) in [4.78, 5) is 21.3. The van der Waals surface area contributed by atoms with E-state index in [0.29, 0.717) is 28.9 Å². The Morgan fingerprint density at radius 3 is 2.51 bits per heavy atom. The molecule has 1 saturated heterocycles. The number of methoxy groups -OCH3 is 1. The number of amidine groups is 1. The van der Waals surface area contributed by atoms with E-state index in [1.807, 2.05) is 77.7 Å². The van der Waals surface area contributed by atoms with Gasteiger partial charge in [-0.1, -0.05) is 66.0 Å². The van der Waals surface area contributed by atoms with Crippen molar-refractivity contribution in [3.05, 3.63) is 91.7 Å². The molecule has 8 heteroatoms. The molecule has 3 aromatic carbocycles. The molecule has 1 aliphatic carbocycles. The molecule has 0 bridgehead atoms. The van der Waals surface area contributed by atoms with Crippen LogP contribution < -0.4 is 9.47 Å². The lowest BCUT2D eigenvalue weighted by molar-refractivity contribution is -0.124. The highest BCUT2D eigenvalue weighted by Crippen LogP contribution is 2.42. The summed E-state index contributed by atoms with van der Waals surface area (Å²) in [5.41, 5.74) is 2.75. The summed E-state index contributed by atoms with van der Waals surface area (Å²) in [6, 6.07) is 21.9. The fraction of sp³-hybridized carbons (Fsp3) is 0.290. The van der Waals surface area contributed by atoms with Gasteiger partial charge in [0.1, 0.15) is 6.61 Å². The molecule has 3 aromatic rings. The third-order valence-corrected chi connectivity index (χ3v) is 9.16. The number of hydrogen-bond donors (Lipinski definition) is 0. The predicted molar refractivity (Wildman–Crippen MR) is 167 cm³/mol. The van der Waals surface area contributed by atoms with Gasteiger partial charge in [0.15, 0.2) is 16.7 Å². The highest BCUT2D eigenvalue weighted by Gasteiger charge is 2.41. The molecule has 2 fully saturated rings. The minimum atomic E-state index is 0.0130. The van der Waals surface area contributed by atoms with Crippen LogP contribution in [0.2, 0.25) is 0 Å². The van der Waals surface area contributed by atoms with Crippen molar-refractivity contribution in [3.8, 4) is 11.5 Å². The van der Waals surface area contributed by atoms with Crippen molar-refractivity contribution in [1.29, 1.82) is 0 Å². The SMILES string of the molecule is COc1cc(/C=C2\SC(=Nc3ccccc3)N([C@@H]3CCCC[C@@H]3C)C2=O)cc(Br)c1OCc1ccc(Br)cc1. The summed E-state index contributed by atoms with van der Waals surface area (Å²) in [6.45, 7) is 2.66. The first kappa shape index (κ1) is 28.0. The van der Waals surface area contributed by atoms with Crippen LogP contribution in [0.3, 0.4) is 0 Å². The molecular weight excluding hydrogens is 640 g/mol. The summed E-state index contributed by atoms with van der Waals surface area (Å²) in [7, 11) is 1.62. The van der Waals surface area contributed by atoms with E-state index in [0.717, 1.165) is 50.2 Å². The number of aliphatic imine (C=N–C) groups is 1. The number of benzene rings is 3. The number of amides is 1. The van der Waals surface area contributed by atoms with E-state index >= 15 is 0 Å². The molecule has 1 amide bonds. The Bertz CT molecular complexity index is 1390. The van der Waals surface area contributed by atoms with Crippen LogP contribution in [0.5, 0.6) is 11.5 Å². The van der Waals surface area contributed by atoms with Crippen LogP contribution in [0.4, 0.5) is 5.69 Å². The van der Waals surface area contributed by atoms with Gasteiger partial charge in [-0.15, -0.1) is 0 Å². The monoisotopic (exact) mass is 668 g/mol. The quantitative estimate of drug-likeness (QED) is 0.236. The van der Waals surface area contributed by atoms with Gasteiger partial charge in [0.25, 0.3) is 5.91 Å². The number of carbonyl (C=O) groups is 1. The molecule has 1 aliphatic heterocycles. The van der Waals surface area contributed by atoms with Gasteiger partial charge >= 0.3 is 0 Å². The molecule has 2 aliphatic rings. The lowest BCUT2D eigenvalue weighted by Gasteiger charge is -2.35. The second-order valence-electron chi connectivity index (χ2n) is 9.79. The van der Waals surface area contributed by atoms with E-state index in [2.05, 4.69) is 38.8 Å². The molecule has 5 rings (SSSR count). The number of rotatable bonds is 7. The third kappa shape index (κ3) is 6.61. The minimum absolute atomic E-state index is 0.0130. The number of carbonyl (C=O) groups excluding carboxylic acids is 1. The van der Waals surface area contributed by atoms with Gasteiger partial charge in [0.05, 0.1) is 22.2 Å². The first-order valence-corrected chi connectivity index (χ1v) is 15.4. The highest BCUT2D eigenvalue weighted by molar-refractivity contribution is 9.10. The Morgan fingerprint density at radius 1 is 1.05 bits per heavy atom. The normalized spacial score (nSPS) is 21.5. The second-order valence-corrected chi connectivity index (χ2v) is 12.6. The zero-order valence-electron chi connectivity index (χ0n) is 21.9. The van der Waals surface area contributed by atoms with Gasteiger partial charge in [0.2, 0.25) is 0 Å². The lowest BCUT2D eigenvalue weighted by Crippen LogP contribution is -2.44. The Labute approximate surface area is 250 Å². The molecule has 5 nitrogen and oxygen atoms in total. The van der Waals surface area contributed by atoms with Gasteiger partial charge in [0, 0.05) is 10.5 Å². The van der Waals surface area contributed by atoms with Crippen molar-refractivity contribution >= 4 is 66.5 Å². The average molecular weight is 670 g/mol. The van der Waals surface area contributed by atoms with Crippen molar-refractivity contribution in [2.75, 3.05) is 7.11 Å². The molecule has 1 heterocycles. The number of para-hydroxylation sites is 1. The second kappa shape index (κ2) is 12.7. The Hall–Kier alpha value is -2.55. The van der Waals surface area contributed by atoms with Gasteiger partial charge in [-0.05, 0) is 100 Å². The maximum Gasteiger partial charge on any atom is 0.267 e. The number of nitrogens with zero attached hydrogens (tertiary/aromatic N) is 2. The third-order valence-electron chi connectivity index (χ3n) is 7.06. The first-order chi connectivity index (χ1) is 18.9. The number of thioether (sulfide) groups is 1. The molecule has 39 heavy (non-hydrogen) atoms. The molecule has 0 unspecified atom stereocenters. The van der Waals surface area contributed by atoms with E-state index < -0.39 is 0 Å². The van der Waals surface area contributed by atoms with Crippen LogP contribution in [-0.4, -0.2) is 29.1 Å². The van der Waals surface area contributed by atoms with Gasteiger partial charge in [-0.3, -0.25) is 9.69 Å². The van der Waals surface area contributed by atoms with E-state index in [-0.39, 0.29) is 11.9 Å². The zero-order valence-corrected chi connectivity index (χ0v) is 25.9. The van der Waals surface area contributed by atoms with Crippen molar-refractivity contribution < 1.29 is 14.3 Å². The molecular formula is C31H30Br2N2O3S. The molecule has 1 saturated carbocycles. The fourth-order valence-electron chi connectivity index (χ4n) is 5.00. The summed E-state index contributed by atoms with van der Waals surface area (Å²) < 4.78 is 13.6. The first-order valence-electron chi connectivity index (χ1n) is 13.0. The van der Waals surface area contributed by atoms with E-state index in [9.17, 15) is 4.79 Å². The summed E-state index contributed by atoms with van der Waals surface area (Å²) in [6.07, 6.45) is 6.39. The van der Waals surface area contributed by atoms with Crippen LogP contribution in [-0.2, 0) is 11.4 Å². The largest absolute Gasteiger partial charge is 0.493 e.